The SMILES string of the molecule is COc1c(N2CCN(c3ccccc3[N+](=O)[O-])CC2)c(F)cc2c(=O)c(C(=O)O)cn(-c3ccc(CN4CCCCC4)cc3)c12. The Morgan fingerprint density at radius 2 is 1.64 bits per heavy atom. The highest BCUT2D eigenvalue weighted by molar-refractivity contribution is 5.98. The molecule has 234 valence electrons. The number of ether oxygens (including phenoxy) is 1. The van der Waals surface area contributed by atoms with Crippen molar-refractivity contribution in [1.82, 2.24) is 9.47 Å². The third kappa shape index (κ3) is 5.80. The summed E-state index contributed by atoms with van der Waals surface area (Å²) in [6.45, 7) is 4.33. The van der Waals surface area contributed by atoms with Crippen LogP contribution in [0.3, 0.4) is 0 Å². The number of aromatic nitrogens is 1. The van der Waals surface area contributed by atoms with Crippen LogP contribution >= 0.6 is 0 Å². The first-order valence-electron chi connectivity index (χ1n) is 15.0. The standard InChI is InChI=1S/C33H34FN5O6/c1-45-32-29-24(19-26(34)30(32)37-17-15-36(16-18-37)27-7-3-4-8-28(27)39(43)44)31(40)25(33(41)42)21-38(29)23-11-9-22(10-12-23)20-35-13-5-2-6-14-35/h3-4,7-12,19,21H,2,5-6,13-18,20H2,1H3,(H,41,42). The second-order valence-electron chi connectivity index (χ2n) is 11.4. The first-order chi connectivity index (χ1) is 21.8. The van der Waals surface area contributed by atoms with Crippen molar-refractivity contribution in [2.24, 2.45) is 0 Å². The lowest BCUT2D eigenvalue weighted by molar-refractivity contribution is -0.384. The molecule has 0 bridgehead atoms. The van der Waals surface area contributed by atoms with Crippen LogP contribution in [-0.4, -0.2) is 71.8 Å². The number of fused-ring (bicyclic) bond motifs is 1. The number of methoxy groups -OCH3 is 1. The van der Waals surface area contributed by atoms with Gasteiger partial charge in [0.1, 0.15) is 22.5 Å². The number of para-hydroxylation sites is 2. The molecule has 45 heavy (non-hydrogen) atoms. The zero-order chi connectivity index (χ0) is 31.7. The molecule has 2 fully saturated rings. The highest BCUT2D eigenvalue weighted by atomic mass is 19.1. The predicted octanol–water partition coefficient (Wildman–Crippen LogP) is 5.06. The van der Waals surface area contributed by atoms with Gasteiger partial charge in [0, 0.05) is 50.7 Å². The van der Waals surface area contributed by atoms with Crippen LogP contribution in [0, 0.1) is 15.9 Å². The summed E-state index contributed by atoms with van der Waals surface area (Å²) in [4.78, 5) is 42.7. The lowest BCUT2D eigenvalue weighted by atomic mass is 10.1. The number of nitro groups is 1. The molecule has 2 aliphatic rings. The van der Waals surface area contributed by atoms with E-state index in [1.54, 1.807) is 27.7 Å². The van der Waals surface area contributed by atoms with Crippen molar-refractivity contribution >= 4 is 33.9 Å². The average Bonchev–Trinajstić information content (AvgIpc) is 3.05. The highest BCUT2D eigenvalue weighted by Crippen LogP contribution is 2.40. The van der Waals surface area contributed by atoms with Crippen molar-refractivity contribution in [1.29, 1.82) is 0 Å². The van der Waals surface area contributed by atoms with E-state index in [4.69, 9.17) is 4.74 Å². The maximum Gasteiger partial charge on any atom is 0.341 e. The molecule has 0 atom stereocenters. The van der Waals surface area contributed by atoms with Gasteiger partial charge in [-0.1, -0.05) is 30.7 Å². The molecule has 0 amide bonds. The topological polar surface area (TPSA) is 121 Å². The van der Waals surface area contributed by atoms with Crippen molar-refractivity contribution < 1.29 is 24.0 Å². The molecule has 2 saturated heterocycles. The van der Waals surface area contributed by atoms with Crippen molar-refractivity contribution in [2.75, 3.05) is 56.2 Å². The third-order valence-electron chi connectivity index (χ3n) is 8.69. The number of carboxylic acids is 1. The number of piperidine rings is 1. The minimum Gasteiger partial charge on any atom is -0.492 e. The largest absolute Gasteiger partial charge is 0.492 e. The van der Waals surface area contributed by atoms with Crippen molar-refractivity contribution in [3.8, 4) is 11.4 Å². The first-order valence-corrected chi connectivity index (χ1v) is 15.0. The number of piperazine rings is 1. The van der Waals surface area contributed by atoms with Crippen LogP contribution in [0.25, 0.3) is 16.6 Å². The van der Waals surface area contributed by atoms with Gasteiger partial charge in [0.25, 0.3) is 5.69 Å². The lowest BCUT2D eigenvalue weighted by Crippen LogP contribution is -2.47. The predicted molar refractivity (Wildman–Crippen MR) is 170 cm³/mol. The van der Waals surface area contributed by atoms with Crippen molar-refractivity contribution in [3.63, 3.8) is 0 Å². The number of nitro benzene ring substituents is 1. The van der Waals surface area contributed by atoms with E-state index in [1.165, 1.54) is 38.6 Å². The summed E-state index contributed by atoms with van der Waals surface area (Å²) < 4.78 is 23.3. The smallest absolute Gasteiger partial charge is 0.341 e. The fourth-order valence-corrected chi connectivity index (χ4v) is 6.45. The summed E-state index contributed by atoms with van der Waals surface area (Å²) in [6.07, 6.45) is 4.87. The Kier molecular flexibility index (Phi) is 8.40. The normalized spacial score (nSPS) is 15.8. The van der Waals surface area contributed by atoms with E-state index in [2.05, 4.69) is 4.90 Å². The molecule has 0 spiro atoms. The number of carboxylic acid groups (broad SMARTS) is 1. The van der Waals surface area contributed by atoms with Gasteiger partial charge in [-0.05, 0) is 55.8 Å². The van der Waals surface area contributed by atoms with Crippen LogP contribution in [0.2, 0.25) is 0 Å². The molecular formula is C33H34FN5O6. The van der Waals surface area contributed by atoms with Gasteiger partial charge >= 0.3 is 5.97 Å². The Morgan fingerprint density at radius 3 is 2.29 bits per heavy atom. The average molecular weight is 616 g/mol. The number of pyridine rings is 1. The van der Waals surface area contributed by atoms with Crippen LogP contribution in [-0.2, 0) is 6.54 Å². The van der Waals surface area contributed by atoms with Gasteiger partial charge in [-0.25, -0.2) is 9.18 Å². The maximum atomic E-state index is 15.9. The number of hydrogen-bond donors (Lipinski definition) is 1. The monoisotopic (exact) mass is 615 g/mol. The molecule has 0 radical (unpaired) electrons. The van der Waals surface area contributed by atoms with Crippen LogP contribution < -0.4 is 20.0 Å². The summed E-state index contributed by atoms with van der Waals surface area (Å²) in [5.74, 6) is -2.02. The quantitative estimate of drug-likeness (QED) is 0.214. The number of hydrogen-bond acceptors (Lipinski definition) is 8. The Labute approximate surface area is 258 Å². The van der Waals surface area contributed by atoms with Gasteiger partial charge < -0.3 is 24.2 Å². The second kappa shape index (κ2) is 12.6. The molecule has 0 unspecified atom stereocenters. The summed E-state index contributed by atoms with van der Waals surface area (Å²) in [7, 11) is 1.39. The first kappa shape index (κ1) is 30.1. The number of aromatic carboxylic acids is 1. The Bertz CT molecular complexity index is 1810. The van der Waals surface area contributed by atoms with Crippen molar-refractivity contribution in [3.05, 3.63) is 98.1 Å². The van der Waals surface area contributed by atoms with E-state index in [0.29, 0.717) is 37.6 Å². The van der Waals surface area contributed by atoms with Gasteiger partial charge in [-0.15, -0.1) is 0 Å². The summed E-state index contributed by atoms with van der Waals surface area (Å²) in [5.41, 5.74) is 1.32. The van der Waals surface area contributed by atoms with Gasteiger partial charge in [-0.3, -0.25) is 19.8 Å². The number of anilines is 2. The number of carbonyl (C=O) groups is 1. The minimum absolute atomic E-state index is 0.000569. The Morgan fingerprint density at radius 1 is 0.978 bits per heavy atom. The number of halogens is 1. The number of benzene rings is 3. The summed E-state index contributed by atoms with van der Waals surface area (Å²) in [6, 6.07) is 15.3. The Hall–Kier alpha value is -4.97. The van der Waals surface area contributed by atoms with Crippen LogP contribution in [0.15, 0.2) is 65.6 Å². The molecule has 1 aromatic heterocycles. The number of rotatable bonds is 8. The molecule has 3 aromatic carbocycles. The van der Waals surface area contributed by atoms with E-state index in [1.807, 2.05) is 29.2 Å². The molecule has 0 saturated carbocycles. The number of nitrogens with zero attached hydrogens (tertiary/aromatic N) is 5. The van der Waals surface area contributed by atoms with Crippen molar-refractivity contribution in [2.45, 2.75) is 25.8 Å². The van der Waals surface area contributed by atoms with Gasteiger partial charge in [0.05, 0.1) is 17.4 Å². The molecule has 3 heterocycles. The van der Waals surface area contributed by atoms with Gasteiger partial charge in [-0.2, -0.15) is 0 Å². The maximum absolute atomic E-state index is 15.9. The molecule has 11 nitrogen and oxygen atoms in total. The van der Waals surface area contributed by atoms with Crippen LogP contribution in [0.1, 0.15) is 35.2 Å². The van der Waals surface area contributed by atoms with E-state index in [9.17, 15) is 24.8 Å². The molecule has 1 N–H and O–H groups in total. The molecule has 12 heteroatoms. The van der Waals surface area contributed by atoms with E-state index >= 15 is 4.39 Å². The molecular weight excluding hydrogens is 581 g/mol. The second-order valence-corrected chi connectivity index (χ2v) is 11.4. The van der Waals surface area contributed by atoms with Gasteiger partial charge in [0.15, 0.2) is 11.6 Å². The highest BCUT2D eigenvalue weighted by Gasteiger charge is 2.30. The zero-order valence-electron chi connectivity index (χ0n) is 24.9. The third-order valence-corrected chi connectivity index (χ3v) is 8.69. The fraction of sp³-hybridized carbons (Fsp3) is 0.333. The zero-order valence-corrected chi connectivity index (χ0v) is 24.9. The fourth-order valence-electron chi connectivity index (χ4n) is 6.45. The van der Waals surface area contributed by atoms with E-state index in [-0.39, 0.29) is 28.0 Å². The summed E-state index contributed by atoms with van der Waals surface area (Å²) in [5, 5.41) is 21.3. The summed E-state index contributed by atoms with van der Waals surface area (Å²) >= 11 is 0. The Balaban J connectivity index is 1.40. The van der Waals surface area contributed by atoms with Crippen LogP contribution in [0.4, 0.5) is 21.5 Å². The van der Waals surface area contributed by atoms with E-state index < -0.39 is 27.7 Å². The molecule has 4 aromatic rings. The molecule has 6 rings (SSSR count). The van der Waals surface area contributed by atoms with Gasteiger partial charge in [0.2, 0.25) is 5.43 Å². The van der Waals surface area contributed by atoms with Crippen LogP contribution in [0.5, 0.6) is 5.75 Å². The molecule has 0 aliphatic carbocycles. The lowest BCUT2D eigenvalue weighted by Gasteiger charge is -2.37. The number of likely N-dealkylation sites (tertiary alicyclic amines) is 1. The van der Waals surface area contributed by atoms with E-state index in [0.717, 1.165) is 31.3 Å². The molecule has 2 aliphatic heterocycles. The minimum atomic E-state index is -1.41.